The summed E-state index contributed by atoms with van der Waals surface area (Å²) in [6.45, 7) is 2.94. The smallest absolute Gasteiger partial charge is 0.237 e. The van der Waals surface area contributed by atoms with Crippen LogP contribution in [0.3, 0.4) is 0 Å². The Kier molecular flexibility index (Phi) is 4.71. The molecule has 1 aromatic rings. The van der Waals surface area contributed by atoms with E-state index in [0.717, 1.165) is 37.2 Å². The van der Waals surface area contributed by atoms with E-state index in [1.54, 1.807) is 4.90 Å². The van der Waals surface area contributed by atoms with Crippen LogP contribution in [0.2, 0.25) is 0 Å². The van der Waals surface area contributed by atoms with E-state index in [2.05, 4.69) is 5.32 Å². The van der Waals surface area contributed by atoms with E-state index in [1.165, 1.54) is 0 Å². The molecular weight excluding hydrogens is 294 g/mol. The average Bonchev–Trinajstić information content (AvgIpc) is 3.38. The first kappa shape index (κ1) is 16.1. The lowest BCUT2D eigenvalue weighted by atomic mass is 10.3. The molecule has 0 aromatic carbocycles. The summed E-state index contributed by atoms with van der Waals surface area (Å²) in [5, 5.41) is 2.94. The van der Waals surface area contributed by atoms with Crippen LogP contribution in [0.4, 0.5) is 0 Å². The van der Waals surface area contributed by atoms with Gasteiger partial charge in [-0.2, -0.15) is 0 Å². The van der Waals surface area contributed by atoms with Gasteiger partial charge in [-0.1, -0.05) is 0 Å². The van der Waals surface area contributed by atoms with Gasteiger partial charge in [0.2, 0.25) is 11.8 Å². The number of aryl methyl sites for hydroxylation is 1. The molecule has 2 saturated carbocycles. The zero-order valence-corrected chi connectivity index (χ0v) is 13.9. The third-order valence-corrected chi connectivity index (χ3v) is 4.19. The molecule has 0 aliphatic heterocycles. The van der Waals surface area contributed by atoms with Crippen molar-refractivity contribution in [2.24, 2.45) is 0 Å². The predicted octanol–water partition coefficient (Wildman–Crippen LogP) is 1.29. The topological polar surface area (TPSA) is 65.8 Å². The maximum absolute atomic E-state index is 12.6. The number of likely N-dealkylation sites (N-methyl/N-ethyl adjacent to an activating group) is 1. The van der Waals surface area contributed by atoms with Gasteiger partial charge in [0, 0.05) is 12.1 Å². The van der Waals surface area contributed by atoms with E-state index in [0.29, 0.717) is 18.6 Å². The molecule has 0 radical (unpaired) electrons. The predicted molar refractivity (Wildman–Crippen MR) is 85.7 cm³/mol. The fourth-order valence-electron chi connectivity index (χ4n) is 2.67. The molecule has 2 aliphatic carbocycles. The molecule has 0 bridgehead atoms. The number of amides is 2. The van der Waals surface area contributed by atoms with Gasteiger partial charge in [-0.3, -0.25) is 14.5 Å². The number of nitrogens with one attached hydrogen (secondary N) is 1. The molecule has 2 aliphatic rings. The minimum Gasteiger partial charge on any atom is -0.464 e. The molecule has 126 valence electrons. The van der Waals surface area contributed by atoms with Crippen LogP contribution in [-0.4, -0.2) is 53.8 Å². The molecule has 3 rings (SSSR count). The quantitative estimate of drug-likeness (QED) is 0.784. The Balaban J connectivity index is 1.50. The van der Waals surface area contributed by atoms with Gasteiger partial charge in [-0.15, -0.1) is 0 Å². The largest absolute Gasteiger partial charge is 0.464 e. The number of furan rings is 1. The summed E-state index contributed by atoms with van der Waals surface area (Å²) in [6, 6.07) is 4.52. The third kappa shape index (κ3) is 4.82. The van der Waals surface area contributed by atoms with E-state index in [9.17, 15) is 9.59 Å². The monoisotopic (exact) mass is 319 g/mol. The fraction of sp³-hybridized carbons (Fsp3) is 0.647. The zero-order chi connectivity index (χ0) is 16.4. The van der Waals surface area contributed by atoms with Gasteiger partial charge in [0.1, 0.15) is 11.5 Å². The van der Waals surface area contributed by atoms with E-state index in [1.807, 2.05) is 31.0 Å². The summed E-state index contributed by atoms with van der Waals surface area (Å²) in [5.41, 5.74) is 0. The van der Waals surface area contributed by atoms with Crippen molar-refractivity contribution in [1.82, 2.24) is 15.1 Å². The maximum Gasteiger partial charge on any atom is 0.237 e. The fourth-order valence-corrected chi connectivity index (χ4v) is 2.67. The van der Waals surface area contributed by atoms with E-state index in [-0.39, 0.29) is 24.9 Å². The molecule has 2 fully saturated rings. The third-order valence-electron chi connectivity index (χ3n) is 4.19. The molecule has 0 saturated heterocycles. The minimum absolute atomic E-state index is 0.00225. The Morgan fingerprint density at radius 2 is 1.96 bits per heavy atom. The van der Waals surface area contributed by atoms with Crippen molar-refractivity contribution in [3.8, 4) is 0 Å². The molecule has 1 N–H and O–H groups in total. The van der Waals surface area contributed by atoms with E-state index < -0.39 is 0 Å². The maximum atomic E-state index is 12.6. The summed E-state index contributed by atoms with van der Waals surface area (Å²) in [5.74, 6) is 1.74. The molecule has 0 unspecified atom stereocenters. The van der Waals surface area contributed by atoms with Crippen LogP contribution in [0.1, 0.15) is 37.2 Å². The summed E-state index contributed by atoms with van der Waals surface area (Å²) in [4.78, 5) is 28.0. The Bertz CT molecular complexity index is 575. The summed E-state index contributed by atoms with van der Waals surface area (Å²) < 4.78 is 5.59. The Morgan fingerprint density at radius 1 is 1.22 bits per heavy atom. The van der Waals surface area contributed by atoms with Crippen LogP contribution in [0.25, 0.3) is 0 Å². The van der Waals surface area contributed by atoms with Crippen LogP contribution >= 0.6 is 0 Å². The van der Waals surface area contributed by atoms with Gasteiger partial charge in [-0.05, 0) is 51.8 Å². The normalized spacial score (nSPS) is 17.3. The lowest BCUT2D eigenvalue weighted by molar-refractivity contribution is -0.134. The Morgan fingerprint density at radius 3 is 2.52 bits per heavy atom. The van der Waals surface area contributed by atoms with Gasteiger partial charge in [0.25, 0.3) is 0 Å². The van der Waals surface area contributed by atoms with Gasteiger partial charge in [-0.25, -0.2) is 0 Å². The van der Waals surface area contributed by atoms with Gasteiger partial charge < -0.3 is 14.6 Å². The number of carbonyl (C=O) groups excluding carboxylic acids is 2. The van der Waals surface area contributed by atoms with Crippen LogP contribution < -0.4 is 5.32 Å². The van der Waals surface area contributed by atoms with Crippen molar-refractivity contribution < 1.29 is 14.0 Å². The van der Waals surface area contributed by atoms with Crippen LogP contribution in [-0.2, 0) is 16.1 Å². The van der Waals surface area contributed by atoms with Crippen LogP contribution in [0.5, 0.6) is 0 Å². The minimum atomic E-state index is 0.00225. The molecule has 6 heteroatoms. The van der Waals surface area contributed by atoms with Crippen molar-refractivity contribution in [1.29, 1.82) is 0 Å². The second-order valence-corrected chi connectivity index (χ2v) is 6.78. The highest BCUT2D eigenvalue weighted by atomic mass is 16.3. The van der Waals surface area contributed by atoms with Crippen LogP contribution in [0, 0.1) is 6.92 Å². The van der Waals surface area contributed by atoms with Crippen LogP contribution in [0.15, 0.2) is 16.5 Å². The highest BCUT2D eigenvalue weighted by molar-refractivity contribution is 5.81. The Hall–Kier alpha value is -1.82. The SMILES string of the molecule is Cc1ccc(CN(C(=O)CN(C)CC(=O)NC2CC2)C2CC2)o1. The van der Waals surface area contributed by atoms with Crippen molar-refractivity contribution in [3.05, 3.63) is 23.7 Å². The van der Waals surface area contributed by atoms with Gasteiger partial charge in [0.05, 0.1) is 19.6 Å². The van der Waals surface area contributed by atoms with Crippen molar-refractivity contribution >= 4 is 11.8 Å². The van der Waals surface area contributed by atoms with Gasteiger partial charge >= 0.3 is 0 Å². The summed E-state index contributed by atoms with van der Waals surface area (Å²) in [7, 11) is 1.81. The second-order valence-electron chi connectivity index (χ2n) is 6.78. The number of carbonyl (C=O) groups is 2. The number of rotatable bonds is 8. The Labute approximate surface area is 136 Å². The van der Waals surface area contributed by atoms with Crippen molar-refractivity contribution in [3.63, 3.8) is 0 Å². The molecule has 1 aromatic heterocycles. The molecule has 0 spiro atoms. The zero-order valence-electron chi connectivity index (χ0n) is 13.9. The van der Waals surface area contributed by atoms with Gasteiger partial charge in [0.15, 0.2) is 0 Å². The molecule has 1 heterocycles. The lowest BCUT2D eigenvalue weighted by Gasteiger charge is -2.24. The molecule has 6 nitrogen and oxygen atoms in total. The summed E-state index contributed by atoms with van der Waals surface area (Å²) in [6.07, 6.45) is 4.26. The molecule has 2 amide bonds. The average molecular weight is 319 g/mol. The van der Waals surface area contributed by atoms with Crippen molar-refractivity contribution in [2.75, 3.05) is 20.1 Å². The van der Waals surface area contributed by atoms with Crippen molar-refractivity contribution in [2.45, 2.75) is 51.2 Å². The second kappa shape index (κ2) is 6.74. The number of hydrogen-bond acceptors (Lipinski definition) is 4. The number of hydrogen-bond donors (Lipinski definition) is 1. The highest BCUT2D eigenvalue weighted by Crippen LogP contribution is 2.29. The summed E-state index contributed by atoms with van der Waals surface area (Å²) >= 11 is 0. The molecule has 0 atom stereocenters. The number of nitrogens with zero attached hydrogens (tertiary/aromatic N) is 2. The van der Waals surface area contributed by atoms with E-state index in [4.69, 9.17) is 4.42 Å². The first-order chi connectivity index (χ1) is 11.0. The first-order valence-electron chi connectivity index (χ1n) is 8.34. The standard InChI is InChI=1S/C17H25N3O3/c1-12-3-8-15(23-12)9-20(14-6-7-14)17(22)11-19(2)10-16(21)18-13-4-5-13/h3,8,13-14H,4-7,9-11H2,1-2H3,(H,18,21). The molecular formula is C17H25N3O3. The molecule has 23 heavy (non-hydrogen) atoms. The highest BCUT2D eigenvalue weighted by Gasteiger charge is 2.33. The lowest BCUT2D eigenvalue weighted by Crippen LogP contribution is -2.43. The van der Waals surface area contributed by atoms with E-state index >= 15 is 0 Å². The first-order valence-corrected chi connectivity index (χ1v) is 8.34.